The Kier molecular flexibility index (Phi) is 6.31. The minimum Gasteiger partial charge on any atom is -0.493 e. The van der Waals surface area contributed by atoms with Gasteiger partial charge < -0.3 is 14.8 Å². The number of aromatic nitrogens is 1. The van der Waals surface area contributed by atoms with Crippen LogP contribution in [-0.2, 0) is 14.8 Å². The van der Waals surface area contributed by atoms with Crippen LogP contribution in [0.5, 0.6) is 11.5 Å². The molecule has 1 amide bonds. The molecule has 0 spiro atoms. The zero-order chi connectivity index (χ0) is 18.3. The fraction of sp³-hybridized carbons (Fsp3) is 0.250. The topological polar surface area (TPSA) is 107 Å². The van der Waals surface area contributed by atoms with E-state index in [1.165, 1.54) is 32.4 Å². The molecule has 2 aromatic rings. The van der Waals surface area contributed by atoms with Crippen molar-refractivity contribution < 1.29 is 22.7 Å². The molecule has 9 heteroatoms. The average Bonchev–Trinajstić information content (AvgIpc) is 2.61. The van der Waals surface area contributed by atoms with Gasteiger partial charge in [-0.3, -0.25) is 9.78 Å². The van der Waals surface area contributed by atoms with Crippen LogP contribution >= 0.6 is 0 Å². The Bertz CT molecular complexity index is 825. The molecule has 1 aromatic carbocycles. The largest absolute Gasteiger partial charge is 0.493 e. The second kappa shape index (κ2) is 8.45. The molecule has 0 bridgehead atoms. The lowest BCUT2D eigenvalue weighted by Gasteiger charge is -2.11. The summed E-state index contributed by atoms with van der Waals surface area (Å²) in [6, 6.07) is 7.56. The van der Waals surface area contributed by atoms with Crippen LogP contribution in [0.15, 0.2) is 47.6 Å². The fourth-order valence-electron chi connectivity index (χ4n) is 2.02. The Morgan fingerprint density at radius 2 is 1.76 bits per heavy atom. The lowest BCUT2D eigenvalue weighted by Crippen LogP contribution is -2.27. The Balaban J connectivity index is 1.94. The number of hydrogen-bond donors (Lipinski definition) is 2. The van der Waals surface area contributed by atoms with E-state index >= 15 is 0 Å². The predicted octanol–water partition coefficient (Wildman–Crippen LogP) is 1.41. The van der Waals surface area contributed by atoms with E-state index in [2.05, 4.69) is 15.0 Å². The molecule has 0 aliphatic heterocycles. The normalized spacial score (nSPS) is 11.0. The zero-order valence-corrected chi connectivity index (χ0v) is 14.7. The molecule has 0 unspecified atom stereocenters. The summed E-state index contributed by atoms with van der Waals surface area (Å²) in [4.78, 5) is 15.7. The van der Waals surface area contributed by atoms with E-state index in [1.54, 1.807) is 24.5 Å². The lowest BCUT2D eigenvalue weighted by atomic mass is 10.3. The Morgan fingerprint density at radius 3 is 2.40 bits per heavy atom. The summed E-state index contributed by atoms with van der Waals surface area (Å²) < 4.78 is 37.1. The van der Waals surface area contributed by atoms with Gasteiger partial charge in [-0.05, 0) is 24.3 Å². The van der Waals surface area contributed by atoms with E-state index in [4.69, 9.17) is 9.47 Å². The van der Waals surface area contributed by atoms with E-state index in [0.29, 0.717) is 17.2 Å². The SMILES string of the molecule is COc1ccc(S(=O)(=O)NCCC(=O)Nc2ccncc2)cc1OC. The van der Waals surface area contributed by atoms with Crippen LogP contribution in [0.25, 0.3) is 0 Å². The van der Waals surface area contributed by atoms with Gasteiger partial charge in [0.15, 0.2) is 11.5 Å². The number of benzene rings is 1. The van der Waals surface area contributed by atoms with Crippen LogP contribution in [0, 0.1) is 0 Å². The van der Waals surface area contributed by atoms with Crippen molar-refractivity contribution in [3.05, 3.63) is 42.7 Å². The van der Waals surface area contributed by atoms with E-state index in [0.717, 1.165) is 0 Å². The smallest absolute Gasteiger partial charge is 0.240 e. The first-order valence-corrected chi connectivity index (χ1v) is 8.86. The highest BCUT2D eigenvalue weighted by atomic mass is 32.2. The van der Waals surface area contributed by atoms with Gasteiger partial charge in [-0.15, -0.1) is 0 Å². The molecule has 0 radical (unpaired) electrons. The highest BCUT2D eigenvalue weighted by Crippen LogP contribution is 2.29. The molecule has 0 fully saturated rings. The summed E-state index contributed by atoms with van der Waals surface area (Å²) in [5, 5.41) is 2.65. The third-order valence-electron chi connectivity index (χ3n) is 3.27. The molecule has 8 nitrogen and oxygen atoms in total. The minimum absolute atomic E-state index is 0.00512. The number of carbonyl (C=O) groups is 1. The van der Waals surface area contributed by atoms with Crippen LogP contribution < -0.4 is 19.5 Å². The molecule has 134 valence electrons. The number of amides is 1. The zero-order valence-electron chi connectivity index (χ0n) is 13.9. The lowest BCUT2D eigenvalue weighted by molar-refractivity contribution is -0.116. The first kappa shape index (κ1) is 18.7. The third-order valence-corrected chi connectivity index (χ3v) is 4.73. The van der Waals surface area contributed by atoms with Gasteiger partial charge in [-0.1, -0.05) is 0 Å². The Morgan fingerprint density at radius 1 is 1.08 bits per heavy atom. The number of pyridine rings is 1. The first-order valence-electron chi connectivity index (χ1n) is 7.38. The molecule has 0 saturated heterocycles. The summed E-state index contributed by atoms with van der Waals surface area (Å²) >= 11 is 0. The first-order chi connectivity index (χ1) is 12.0. The molecule has 0 saturated carbocycles. The molecule has 0 aliphatic rings. The maximum absolute atomic E-state index is 12.3. The molecule has 2 rings (SSSR count). The van der Waals surface area contributed by atoms with Crippen LogP contribution in [0.1, 0.15) is 6.42 Å². The highest BCUT2D eigenvalue weighted by Gasteiger charge is 2.17. The van der Waals surface area contributed by atoms with Gasteiger partial charge in [0, 0.05) is 37.1 Å². The van der Waals surface area contributed by atoms with Crippen molar-refractivity contribution in [3.8, 4) is 11.5 Å². The summed E-state index contributed by atoms with van der Waals surface area (Å²) in [7, 11) is -0.876. The number of hydrogen-bond acceptors (Lipinski definition) is 6. The monoisotopic (exact) mass is 365 g/mol. The van der Waals surface area contributed by atoms with Crippen molar-refractivity contribution in [1.82, 2.24) is 9.71 Å². The number of anilines is 1. The van der Waals surface area contributed by atoms with Gasteiger partial charge in [-0.2, -0.15) is 0 Å². The van der Waals surface area contributed by atoms with Crippen LogP contribution in [0.4, 0.5) is 5.69 Å². The number of rotatable bonds is 8. The van der Waals surface area contributed by atoms with Crippen molar-refractivity contribution in [2.24, 2.45) is 0 Å². The second-order valence-electron chi connectivity index (χ2n) is 4.95. The van der Waals surface area contributed by atoms with E-state index in [1.807, 2.05) is 0 Å². The minimum atomic E-state index is -3.76. The fourth-order valence-corrected chi connectivity index (χ4v) is 3.07. The molecule has 0 atom stereocenters. The standard InChI is InChI=1S/C16H19N3O5S/c1-23-14-4-3-13(11-15(14)24-2)25(21,22)18-10-7-16(20)19-12-5-8-17-9-6-12/h3-6,8-9,11,18H,7,10H2,1-2H3,(H,17,19,20). The number of sulfonamides is 1. The number of carbonyl (C=O) groups excluding carboxylic acids is 1. The quantitative estimate of drug-likeness (QED) is 0.732. The third kappa shape index (κ3) is 5.16. The van der Waals surface area contributed by atoms with Gasteiger partial charge in [0.25, 0.3) is 0 Å². The van der Waals surface area contributed by atoms with E-state index in [-0.39, 0.29) is 23.8 Å². The molecule has 0 aliphatic carbocycles. The molecular formula is C16H19N3O5S. The Hall–Kier alpha value is -2.65. The van der Waals surface area contributed by atoms with Crippen LogP contribution in [0.3, 0.4) is 0 Å². The summed E-state index contributed by atoms with van der Waals surface area (Å²) in [6.45, 7) is -0.0341. The van der Waals surface area contributed by atoms with Crippen molar-refractivity contribution in [1.29, 1.82) is 0 Å². The van der Waals surface area contributed by atoms with Crippen molar-refractivity contribution in [3.63, 3.8) is 0 Å². The predicted molar refractivity (Wildman–Crippen MR) is 92.2 cm³/mol. The molecular weight excluding hydrogens is 346 g/mol. The van der Waals surface area contributed by atoms with E-state index in [9.17, 15) is 13.2 Å². The van der Waals surface area contributed by atoms with Gasteiger partial charge in [-0.25, -0.2) is 13.1 Å². The number of nitrogens with zero attached hydrogens (tertiary/aromatic N) is 1. The van der Waals surface area contributed by atoms with Crippen LogP contribution in [-0.4, -0.2) is 40.1 Å². The summed E-state index contributed by atoms with van der Waals surface area (Å²) in [5.41, 5.74) is 0.600. The second-order valence-corrected chi connectivity index (χ2v) is 6.72. The van der Waals surface area contributed by atoms with Crippen molar-refractivity contribution in [2.75, 3.05) is 26.1 Å². The number of methoxy groups -OCH3 is 2. The highest BCUT2D eigenvalue weighted by molar-refractivity contribution is 7.89. The molecule has 2 N–H and O–H groups in total. The van der Waals surface area contributed by atoms with Crippen molar-refractivity contribution >= 4 is 21.6 Å². The molecule has 1 heterocycles. The summed E-state index contributed by atoms with van der Waals surface area (Å²) in [6.07, 6.45) is 3.10. The van der Waals surface area contributed by atoms with E-state index < -0.39 is 10.0 Å². The maximum Gasteiger partial charge on any atom is 0.240 e. The van der Waals surface area contributed by atoms with Crippen LogP contribution in [0.2, 0.25) is 0 Å². The van der Waals surface area contributed by atoms with Gasteiger partial charge >= 0.3 is 0 Å². The van der Waals surface area contributed by atoms with Gasteiger partial charge in [0.1, 0.15) is 0 Å². The summed E-state index contributed by atoms with van der Waals surface area (Å²) in [5.74, 6) is 0.431. The maximum atomic E-state index is 12.3. The van der Waals surface area contributed by atoms with Gasteiger partial charge in [0.05, 0.1) is 19.1 Å². The molecule has 25 heavy (non-hydrogen) atoms. The average molecular weight is 365 g/mol. The van der Waals surface area contributed by atoms with Gasteiger partial charge in [0.2, 0.25) is 15.9 Å². The Labute approximate surface area is 146 Å². The molecule has 1 aromatic heterocycles. The number of nitrogens with one attached hydrogen (secondary N) is 2. The van der Waals surface area contributed by atoms with Crippen molar-refractivity contribution in [2.45, 2.75) is 11.3 Å². The number of ether oxygens (including phenoxy) is 2.